The van der Waals surface area contributed by atoms with Crippen LogP contribution in [0.5, 0.6) is 0 Å². The summed E-state index contributed by atoms with van der Waals surface area (Å²) in [5.74, 6) is -0.600. The van der Waals surface area contributed by atoms with E-state index in [2.05, 4.69) is 33.9 Å². The highest BCUT2D eigenvalue weighted by Crippen LogP contribution is 2.24. The summed E-state index contributed by atoms with van der Waals surface area (Å²) in [5.41, 5.74) is 2.69. The fraction of sp³-hybridized carbons (Fsp3) is 0.389. The second kappa shape index (κ2) is 7.07. The van der Waals surface area contributed by atoms with Crippen LogP contribution in [0.3, 0.4) is 0 Å². The van der Waals surface area contributed by atoms with Crippen LogP contribution in [0, 0.1) is 6.92 Å². The van der Waals surface area contributed by atoms with Crippen molar-refractivity contribution in [3.05, 3.63) is 47.3 Å². The van der Waals surface area contributed by atoms with Crippen LogP contribution in [0.1, 0.15) is 34.7 Å². The van der Waals surface area contributed by atoms with Gasteiger partial charge in [-0.2, -0.15) is 0 Å². The molecule has 3 rings (SSSR count). The monoisotopic (exact) mass is 327 g/mol. The van der Waals surface area contributed by atoms with Crippen LogP contribution in [-0.2, 0) is 4.74 Å². The number of hydrogen-bond acceptors (Lipinski definition) is 5. The molecule has 1 aromatic heterocycles. The molecule has 0 bridgehead atoms. The zero-order valence-corrected chi connectivity index (χ0v) is 13.9. The number of carboxylic acids is 1. The van der Waals surface area contributed by atoms with Crippen molar-refractivity contribution in [3.63, 3.8) is 0 Å². The highest BCUT2D eigenvalue weighted by atomic mass is 16.5. The Morgan fingerprint density at radius 3 is 2.50 bits per heavy atom. The Morgan fingerprint density at radius 1 is 1.21 bits per heavy atom. The van der Waals surface area contributed by atoms with Crippen LogP contribution in [-0.4, -0.2) is 52.2 Å². The van der Waals surface area contributed by atoms with Gasteiger partial charge in [0.05, 0.1) is 13.2 Å². The molecule has 0 amide bonds. The zero-order valence-electron chi connectivity index (χ0n) is 13.9. The first-order valence-electron chi connectivity index (χ1n) is 8.05. The van der Waals surface area contributed by atoms with Crippen molar-refractivity contribution < 1.29 is 14.6 Å². The minimum absolute atomic E-state index is 0.0169. The number of aromatic carboxylic acids is 1. The highest BCUT2D eigenvalue weighted by molar-refractivity contribution is 5.86. The first kappa shape index (κ1) is 16.5. The maximum atomic E-state index is 11.1. The average molecular weight is 327 g/mol. The first-order chi connectivity index (χ1) is 11.5. The number of ether oxygens (including phenoxy) is 1. The van der Waals surface area contributed by atoms with E-state index in [4.69, 9.17) is 9.84 Å². The molecule has 6 nitrogen and oxygen atoms in total. The van der Waals surface area contributed by atoms with E-state index in [0.717, 1.165) is 31.9 Å². The molecule has 0 spiro atoms. The Morgan fingerprint density at radius 2 is 1.88 bits per heavy atom. The van der Waals surface area contributed by atoms with Gasteiger partial charge in [0, 0.05) is 30.4 Å². The number of nitrogens with zero attached hydrogens (tertiary/aromatic N) is 3. The molecule has 1 atom stereocenters. The van der Waals surface area contributed by atoms with Gasteiger partial charge in [-0.15, -0.1) is 0 Å². The van der Waals surface area contributed by atoms with Gasteiger partial charge >= 0.3 is 5.97 Å². The smallest absolute Gasteiger partial charge is 0.354 e. The molecule has 1 N–H and O–H groups in total. The molecule has 1 aliphatic rings. The van der Waals surface area contributed by atoms with Crippen molar-refractivity contribution in [1.82, 2.24) is 14.9 Å². The van der Waals surface area contributed by atoms with E-state index in [1.54, 1.807) is 6.92 Å². The van der Waals surface area contributed by atoms with Gasteiger partial charge in [-0.3, -0.25) is 4.90 Å². The van der Waals surface area contributed by atoms with Crippen molar-refractivity contribution in [2.45, 2.75) is 19.9 Å². The van der Waals surface area contributed by atoms with E-state index in [1.807, 2.05) is 12.1 Å². The normalized spacial score (nSPS) is 16.8. The molecule has 1 unspecified atom stereocenters. The van der Waals surface area contributed by atoms with Gasteiger partial charge in [0.25, 0.3) is 0 Å². The van der Waals surface area contributed by atoms with Crippen LogP contribution in [0.25, 0.3) is 11.4 Å². The molecule has 2 heterocycles. The van der Waals surface area contributed by atoms with Crippen LogP contribution in [0.15, 0.2) is 30.3 Å². The molecule has 6 heteroatoms. The van der Waals surface area contributed by atoms with Gasteiger partial charge in [-0.05, 0) is 25.5 Å². The number of morpholine rings is 1. The standard InChI is InChI=1S/C18H21N3O3/c1-12-11-16(18(22)23)20-17(19-12)15-5-3-14(4-6-15)13(2)21-7-9-24-10-8-21/h3-6,11,13H,7-10H2,1-2H3,(H,22,23). The minimum atomic E-state index is -1.04. The minimum Gasteiger partial charge on any atom is -0.477 e. The third-order valence-corrected chi connectivity index (χ3v) is 4.32. The predicted octanol–water partition coefficient (Wildman–Crippen LogP) is 2.54. The summed E-state index contributed by atoms with van der Waals surface area (Å²) in [4.78, 5) is 22.0. The highest BCUT2D eigenvalue weighted by Gasteiger charge is 2.18. The largest absolute Gasteiger partial charge is 0.477 e. The van der Waals surface area contributed by atoms with Gasteiger partial charge in [-0.1, -0.05) is 24.3 Å². The Bertz CT molecular complexity index is 725. The maximum absolute atomic E-state index is 11.1. The summed E-state index contributed by atoms with van der Waals surface area (Å²) in [6, 6.07) is 9.81. The van der Waals surface area contributed by atoms with E-state index >= 15 is 0 Å². The Balaban J connectivity index is 1.83. The van der Waals surface area contributed by atoms with E-state index in [9.17, 15) is 4.79 Å². The van der Waals surface area contributed by atoms with Crippen LogP contribution in [0.4, 0.5) is 0 Å². The summed E-state index contributed by atoms with van der Waals surface area (Å²) in [5, 5.41) is 9.14. The van der Waals surface area contributed by atoms with Gasteiger partial charge in [-0.25, -0.2) is 14.8 Å². The second-order valence-electron chi connectivity index (χ2n) is 5.97. The SMILES string of the molecule is Cc1cc(C(=O)O)nc(-c2ccc(C(C)N3CCOCC3)cc2)n1. The van der Waals surface area contributed by atoms with Crippen LogP contribution in [0.2, 0.25) is 0 Å². The van der Waals surface area contributed by atoms with Crippen LogP contribution >= 0.6 is 0 Å². The summed E-state index contributed by atoms with van der Waals surface area (Å²) >= 11 is 0. The third-order valence-electron chi connectivity index (χ3n) is 4.32. The molecule has 1 aromatic carbocycles. The van der Waals surface area contributed by atoms with Crippen molar-refractivity contribution in [2.24, 2.45) is 0 Å². The Kier molecular flexibility index (Phi) is 4.87. The molecule has 126 valence electrons. The molecule has 0 radical (unpaired) electrons. The zero-order chi connectivity index (χ0) is 17.1. The topological polar surface area (TPSA) is 75.5 Å². The molecule has 2 aromatic rings. The summed E-state index contributed by atoms with van der Waals surface area (Å²) in [7, 11) is 0. The van der Waals surface area contributed by atoms with Crippen molar-refractivity contribution in [3.8, 4) is 11.4 Å². The maximum Gasteiger partial charge on any atom is 0.354 e. The number of hydrogen-bond donors (Lipinski definition) is 1. The van der Waals surface area contributed by atoms with Crippen molar-refractivity contribution in [2.75, 3.05) is 26.3 Å². The number of benzene rings is 1. The summed E-state index contributed by atoms with van der Waals surface area (Å²) in [6.45, 7) is 7.38. The second-order valence-corrected chi connectivity index (χ2v) is 5.97. The Labute approximate surface area is 141 Å². The number of carboxylic acid groups (broad SMARTS) is 1. The van der Waals surface area contributed by atoms with E-state index in [0.29, 0.717) is 17.6 Å². The van der Waals surface area contributed by atoms with Crippen LogP contribution < -0.4 is 0 Å². The number of aromatic nitrogens is 2. The Hall–Kier alpha value is -2.31. The van der Waals surface area contributed by atoms with Gasteiger partial charge in [0.1, 0.15) is 0 Å². The lowest BCUT2D eigenvalue weighted by Gasteiger charge is -2.32. The number of carbonyl (C=O) groups is 1. The molecule has 1 saturated heterocycles. The molecular weight excluding hydrogens is 306 g/mol. The molecule has 0 saturated carbocycles. The lowest BCUT2D eigenvalue weighted by atomic mass is 10.0. The number of aryl methyl sites for hydroxylation is 1. The fourth-order valence-corrected chi connectivity index (χ4v) is 2.89. The summed E-state index contributed by atoms with van der Waals surface area (Å²) in [6.07, 6.45) is 0. The van der Waals surface area contributed by atoms with Gasteiger partial charge in [0.15, 0.2) is 11.5 Å². The van der Waals surface area contributed by atoms with E-state index in [1.165, 1.54) is 11.6 Å². The number of rotatable bonds is 4. The van der Waals surface area contributed by atoms with E-state index < -0.39 is 5.97 Å². The molecule has 0 aliphatic carbocycles. The third kappa shape index (κ3) is 3.60. The van der Waals surface area contributed by atoms with Gasteiger partial charge < -0.3 is 9.84 Å². The molecule has 24 heavy (non-hydrogen) atoms. The fourth-order valence-electron chi connectivity index (χ4n) is 2.89. The lowest BCUT2D eigenvalue weighted by Crippen LogP contribution is -2.37. The van der Waals surface area contributed by atoms with Crippen molar-refractivity contribution in [1.29, 1.82) is 0 Å². The molecular formula is C18H21N3O3. The quantitative estimate of drug-likeness (QED) is 0.930. The predicted molar refractivity (Wildman–Crippen MR) is 90.0 cm³/mol. The van der Waals surface area contributed by atoms with Gasteiger partial charge in [0.2, 0.25) is 0 Å². The molecule has 1 fully saturated rings. The van der Waals surface area contributed by atoms with E-state index in [-0.39, 0.29) is 5.69 Å². The summed E-state index contributed by atoms with van der Waals surface area (Å²) < 4.78 is 5.40. The average Bonchev–Trinajstić information content (AvgIpc) is 2.61. The van der Waals surface area contributed by atoms with Crippen molar-refractivity contribution >= 4 is 5.97 Å². The lowest BCUT2D eigenvalue weighted by molar-refractivity contribution is 0.0198. The first-order valence-corrected chi connectivity index (χ1v) is 8.05. The molecule has 1 aliphatic heterocycles.